The topological polar surface area (TPSA) is 85.2 Å². The standard InChI is InChI=1S/C35H39N3O3/c1-22(2)31(39)11-9-7-8-10-18-41-27-14-17-30(32(40)21-27)35-37-33(28-15-12-23(3)19-25(28)5)36-34(38-35)29-16-13-24(4)20-26(29)6/h12-17,19-21,40H,1,7-11,18H2,2-6H3. The largest absolute Gasteiger partial charge is 0.507 e. The molecule has 0 fully saturated rings. The quantitative estimate of drug-likeness (QED) is 0.141. The number of hydrogen-bond donors (Lipinski definition) is 1. The van der Waals surface area contributed by atoms with E-state index in [9.17, 15) is 9.90 Å². The van der Waals surface area contributed by atoms with Crippen molar-refractivity contribution in [3.8, 4) is 45.7 Å². The van der Waals surface area contributed by atoms with Crippen molar-refractivity contribution >= 4 is 5.78 Å². The molecule has 1 heterocycles. The number of carbonyl (C=O) groups is 1. The van der Waals surface area contributed by atoms with Crippen LogP contribution in [0.4, 0.5) is 0 Å². The number of aromatic hydroxyl groups is 1. The summed E-state index contributed by atoms with van der Waals surface area (Å²) in [5, 5.41) is 11.0. The van der Waals surface area contributed by atoms with E-state index < -0.39 is 0 Å². The predicted molar refractivity (Wildman–Crippen MR) is 165 cm³/mol. The van der Waals surface area contributed by atoms with Crippen molar-refractivity contribution in [2.45, 2.75) is 66.7 Å². The fraction of sp³-hybridized carbons (Fsp3) is 0.314. The Kier molecular flexibility index (Phi) is 9.66. The van der Waals surface area contributed by atoms with Gasteiger partial charge in [0.2, 0.25) is 0 Å². The van der Waals surface area contributed by atoms with Gasteiger partial charge in [-0.2, -0.15) is 0 Å². The number of ether oxygens (including phenoxy) is 1. The summed E-state index contributed by atoms with van der Waals surface area (Å²) in [5.74, 6) is 2.29. The van der Waals surface area contributed by atoms with Crippen molar-refractivity contribution in [2.24, 2.45) is 0 Å². The van der Waals surface area contributed by atoms with Crippen LogP contribution in [0.2, 0.25) is 0 Å². The molecule has 41 heavy (non-hydrogen) atoms. The lowest BCUT2D eigenvalue weighted by atomic mass is 10.0. The van der Waals surface area contributed by atoms with Gasteiger partial charge in [0.1, 0.15) is 11.5 Å². The number of aromatic nitrogens is 3. The summed E-state index contributed by atoms with van der Waals surface area (Å²) in [6.07, 6.45) is 4.23. The normalized spacial score (nSPS) is 11.0. The zero-order chi connectivity index (χ0) is 29.5. The minimum atomic E-state index is 0.0464. The van der Waals surface area contributed by atoms with Crippen LogP contribution in [-0.4, -0.2) is 32.4 Å². The van der Waals surface area contributed by atoms with Gasteiger partial charge in [-0.15, -0.1) is 0 Å². The van der Waals surface area contributed by atoms with Crippen molar-refractivity contribution in [3.05, 3.63) is 89.0 Å². The van der Waals surface area contributed by atoms with E-state index >= 15 is 0 Å². The minimum Gasteiger partial charge on any atom is -0.507 e. The highest BCUT2D eigenvalue weighted by molar-refractivity contribution is 5.94. The fourth-order valence-corrected chi connectivity index (χ4v) is 4.80. The lowest BCUT2D eigenvalue weighted by Gasteiger charge is -2.13. The summed E-state index contributed by atoms with van der Waals surface area (Å²) in [6.45, 7) is 14.2. The molecule has 0 bridgehead atoms. The Morgan fingerprint density at radius 2 is 1.24 bits per heavy atom. The molecule has 0 aliphatic carbocycles. The van der Waals surface area contributed by atoms with E-state index in [0.717, 1.165) is 47.9 Å². The van der Waals surface area contributed by atoms with E-state index in [1.807, 2.05) is 44.2 Å². The van der Waals surface area contributed by atoms with Crippen LogP contribution >= 0.6 is 0 Å². The Labute approximate surface area is 243 Å². The molecule has 212 valence electrons. The number of phenolic OH excluding ortho intramolecular Hbond substituents is 1. The van der Waals surface area contributed by atoms with E-state index in [-0.39, 0.29) is 11.5 Å². The highest BCUT2D eigenvalue weighted by Crippen LogP contribution is 2.34. The molecule has 6 nitrogen and oxygen atoms in total. The van der Waals surface area contributed by atoms with Crippen LogP contribution < -0.4 is 4.74 Å². The Hall–Kier alpha value is -4.32. The molecule has 1 aromatic heterocycles. The average molecular weight is 550 g/mol. The number of rotatable bonds is 12. The molecule has 0 unspecified atom stereocenters. The molecule has 0 aliphatic heterocycles. The van der Waals surface area contributed by atoms with Crippen LogP contribution in [0.1, 0.15) is 61.3 Å². The number of nitrogens with zero attached hydrogens (tertiary/aromatic N) is 3. The third-order valence-electron chi connectivity index (χ3n) is 7.13. The van der Waals surface area contributed by atoms with Crippen molar-refractivity contribution in [1.29, 1.82) is 0 Å². The van der Waals surface area contributed by atoms with Gasteiger partial charge in [-0.3, -0.25) is 4.79 Å². The molecule has 6 heteroatoms. The molecule has 0 saturated heterocycles. The summed E-state index contributed by atoms with van der Waals surface area (Å²) >= 11 is 0. The van der Waals surface area contributed by atoms with Crippen LogP contribution in [0.5, 0.6) is 11.5 Å². The van der Waals surface area contributed by atoms with E-state index in [4.69, 9.17) is 19.7 Å². The molecule has 0 atom stereocenters. The SMILES string of the molecule is C=C(C)C(=O)CCCCCCOc1ccc(-c2nc(-c3ccc(C)cc3C)nc(-c3ccc(C)cc3C)n2)c(O)c1. The zero-order valence-corrected chi connectivity index (χ0v) is 24.8. The van der Waals surface area contributed by atoms with Gasteiger partial charge in [-0.25, -0.2) is 15.0 Å². The number of phenols is 1. The maximum atomic E-state index is 11.7. The van der Waals surface area contributed by atoms with E-state index in [1.54, 1.807) is 19.1 Å². The third kappa shape index (κ3) is 7.66. The summed E-state index contributed by atoms with van der Waals surface area (Å²) in [6, 6.07) is 17.6. The molecule has 4 rings (SSSR count). The molecule has 0 spiro atoms. The third-order valence-corrected chi connectivity index (χ3v) is 7.13. The maximum absolute atomic E-state index is 11.7. The highest BCUT2D eigenvalue weighted by Gasteiger charge is 2.17. The molecule has 4 aromatic rings. The van der Waals surface area contributed by atoms with Gasteiger partial charge in [0, 0.05) is 23.6 Å². The van der Waals surface area contributed by atoms with Crippen molar-refractivity contribution < 1.29 is 14.6 Å². The average Bonchev–Trinajstić information content (AvgIpc) is 2.92. The molecule has 1 N–H and O–H groups in total. The van der Waals surface area contributed by atoms with Crippen molar-refractivity contribution in [3.63, 3.8) is 0 Å². The van der Waals surface area contributed by atoms with Crippen LogP contribution in [0.3, 0.4) is 0 Å². The number of hydrogen-bond acceptors (Lipinski definition) is 6. The van der Waals surface area contributed by atoms with Gasteiger partial charge < -0.3 is 9.84 Å². The van der Waals surface area contributed by atoms with Crippen molar-refractivity contribution in [1.82, 2.24) is 15.0 Å². The van der Waals surface area contributed by atoms with Crippen molar-refractivity contribution in [2.75, 3.05) is 6.61 Å². The smallest absolute Gasteiger partial charge is 0.167 e. The summed E-state index contributed by atoms with van der Waals surface area (Å²) < 4.78 is 5.89. The number of aryl methyl sites for hydroxylation is 4. The number of Topliss-reactive ketones (excluding diaryl/α,β-unsaturated/α-hetero) is 1. The monoisotopic (exact) mass is 549 g/mol. The maximum Gasteiger partial charge on any atom is 0.167 e. The van der Waals surface area contributed by atoms with Gasteiger partial charge in [0.15, 0.2) is 23.3 Å². The van der Waals surface area contributed by atoms with Gasteiger partial charge in [0.25, 0.3) is 0 Å². The lowest BCUT2D eigenvalue weighted by Crippen LogP contribution is -2.02. The molecule has 0 aliphatic rings. The van der Waals surface area contributed by atoms with Gasteiger partial charge in [-0.1, -0.05) is 66.9 Å². The van der Waals surface area contributed by atoms with Gasteiger partial charge in [0.05, 0.1) is 12.2 Å². The fourth-order valence-electron chi connectivity index (χ4n) is 4.80. The highest BCUT2D eigenvalue weighted by atomic mass is 16.5. The van der Waals surface area contributed by atoms with Crippen LogP contribution in [0.25, 0.3) is 34.2 Å². The Bertz CT molecular complexity index is 1510. The van der Waals surface area contributed by atoms with Gasteiger partial charge >= 0.3 is 0 Å². The number of benzene rings is 3. The zero-order valence-electron chi connectivity index (χ0n) is 24.8. The Morgan fingerprint density at radius 1 is 0.732 bits per heavy atom. The summed E-state index contributed by atoms with van der Waals surface area (Å²) in [4.78, 5) is 26.1. The van der Waals surface area contributed by atoms with E-state index in [0.29, 0.717) is 47.4 Å². The van der Waals surface area contributed by atoms with E-state index in [2.05, 4.69) is 32.6 Å². The molecule has 0 amide bonds. The molecule has 0 radical (unpaired) electrons. The van der Waals surface area contributed by atoms with Crippen LogP contribution in [-0.2, 0) is 4.79 Å². The first-order chi connectivity index (χ1) is 19.6. The van der Waals surface area contributed by atoms with Gasteiger partial charge in [-0.05, 0) is 76.3 Å². The first-order valence-corrected chi connectivity index (χ1v) is 14.2. The van der Waals surface area contributed by atoms with Crippen LogP contribution in [0, 0.1) is 27.7 Å². The first kappa shape index (κ1) is 29.7. The van der Waals surface area contributed by atoms with Crippen LogP contribution in [0.15, 0.2) is 66.7 Å². The molecular formula is C35H39N3O3. The second kappa shape index (κ2) is 13.4. The summed E-state index contributed by atoms with van der Waals surface area (Å²) in [7, 11) is 0. The molecule has 0 saturated carbocycles. The second-order valence-corrected chi connectivity index (χ2v) is 10.8. The number of unbranched alkanes of at least 4 members (excludes halogenated alkanes) is 3. The second-order valence-electron chi connectivity index (χ2n) is 10.8. The molecule has 3 aromatic carbocycles. The minimum absolute atomic E-state index is 0.0464. The Balaban J connectivity index is 1.55. The molecular weight excluding hydrogens is 510 g/mol. The van der Waals surface area contributed by atoms with E-state index in [1.165, 1.54) is 11.1 Å². The number of carbonyl (C=O) groups excluding carboxylic acids is 1. The number of ketones is 1. The Morgan fingerprint density at radius 3 is 1.76 bits per heavy atom. The summed E-state index contributed by atoms with van der Waals surface area (Å²) in [5.41, 5.74) is 7.47. The predicted octanol–water partition coefficient (Wildman–Crippen LogP) is 8.29. The number of allylic oxidation sites excluding steroid dienone is 1. The lowest BCUT2D eigenvalue weighted by molar-refractivity contribution is -0.115. The first-order valence-electron chi connectivity index (χ1n) is 14.2.